The average Bonchev–Trinajstić information content (AvgIpc) is 1.88. The van der Waals surface area contributed by atoms with Crippen LogP contribution in [0.4, 0.5) is 0 Å². The number of rotatable bonds is 1. The SMILES string of the molecule is CC(=O)C1=CC(C)C=CC1. The second-order valence-electron chi connectivity index (χ2n) is 2.74. The van der Waals surface area contributed by atoms with Crippen LogP contribution in [0.15, 0.2) is 23.8 Å². The summed E-state index contributed by atoms with van der Waals surface area (Å²) in [6.45, 7) is 3.70. The third-order valence-electron chi connectivity index (χ3n) is 1.69. The van der Waals surface area contributed by atoms with Crippen LogP contribution in [-0.2, 0) is 4.79 Å². The molecule has 1 atom stereocenters. The van der Waals surface area contributed by atoms with E-state index in [9.17, 15) is 4.79 Å². The fourth-order valence-corrected chi connectivity index (χ4v) is 1.11. The summed E-state index contributed by atoms with van der Waals surface area (Å²) in [6, 6.07) is 0. The van der Waals surface area contributed by atoms with Gasteiger partial charge in [0.05, 0.1) is 0 Å². The Balaban J connectivity index is 2.71. The highest BCUT2D eigenvalue weighted by Gasteiger charge is 2.06. The summed E-state index contributed by atoms with van der Waals surface area (Å²) in [5, 5.41) is 0. The highest BCUT2D eigenvalue weighted by molar-refractivity contribution is 5.93. The van der Waals surface area contributed by atoms with Gasteiger partial charge in [-0.2, -0.15) is 0 Å². The number of hydrogen-bond acceptors (Lipinski definition) is 1. The van der Waals surface area contributed by atoms with Crippen molar-refractivity contribution < 1.29 is 4.79 Å². The molecule has 10 heavy (non-hydrogen) atoms. The Kier molecular flexibility index (Phi) is 2.05. The van der Waals surface area contributed by atoms with Crippen molar-refractivity contribution in [2.45, 2.75) is 20.3 Å². The molecule has 1 aliphatic carbocycles. The normalized spacial score (nSPS) is 24.2. The molecule has 0 aromatic heterocycles. The molecule has 0 aliphatic heterocycles. The smallest absolute Gasteiger partial charge is 0.155 e. The standard InChI is InChI=1S/C9H12O/c1-7-4-3-5-9(6-7)8(2)10/h3-4,6-7H,5H2,1-2H3. The number of ketones is 1. The molecule has 0 spiro atoms. The first kappa shape index (κ1) is 7.26. The largest absolute Gasteiger partial charge is 0.295 e. The minimum Gasteiger partial charge on any atom is -0.295 e. The van der Waals surface area contributed by atoms with Crippen molar-refractivity contribution in [1.82, 2.24) is 0 Å². The van der Waals surface area contributed by atoms with Crippen molar-refractivity contribution >= 4 is 5.78 Å². The van der Waals surface area contributed by atoms with Crippen LogP contribution in [0.3, 0.4) is 0 Å². The molecule has 1 aliphatic rings. The van der Waals surface area contributed by atoms with E-state index >= 15 is 0 Å². The molecule has 0 heterocycles. The summed E-state index contributed by atoms with van der Waals surface area (Å²) in [4.78, 5) is 10.8. The first-order valence-corrected chi connectivity index (χ1v) is 3.58. The molecule has 0 aromatic carbocycles. The highest BCUT2D eigenvalue weighted by atomic mass is 16.1. The van der Waals surface area contributed by atoms with E-state index in [4.69, 9.17) is 0 Å². The Hall–Kier alpha value is -0.850. The Labute approximate surface area is 61.4 Å². The molecule has 0 saturated carbocycles. The number of allylic oxidation sites excluding steroid dienone is 4. The molecule has 1 nitrogen and oxygen atoms in total. The van der Waals surface area contributed by atoms with Crippen molar-refractivity contribution in [2.24, 2.45) is 5.92 Å². The maximum Gasteiger partial charge on any atom is 0.155 e. The Morgan fingerprint density at radius 2 is 2.40 bits per heavy atom. The lowest BCUT2D eigenvalue weighted by atomic mass is 9.96. The first-order valence-electron chi connectivity index (χ1n) is 3.58. The van der Waals surface area contributed by atoms with Crippen LogP contribution in [0.25, 0.3) is 0 Å². The van der Waals surface area contributed by atoms with Crippen molar-refractivity contribution in [3.8, 4) is 0 Å². The van der Waals surface area contributed by atoms with E-state index < -0.39 is 0 Å². The number of carbonyl (C=O) groups excluding carboxylic acids is 1. The molecule has 1 rings (SSSR count). The van der Waals surface area contributed by atoms with Crippen LogP contribution in [0.5, 0.6) is 0 Å². The molecular weight excluding hydrogens is 124 g/mol. The lowest BCUT2D eigenvalue weighted by molar-refractivity contribution is -0.113. The topological polar surface area (TPSA) is 17.1 Å². The zero-order valence-electron chi connectivity index (χ0n) is 6.42. The van der Waals surface area contributed by atoms with E-state index in [0.29, 0.717) is 5.92 Å². The molecule has 1 heteroatoms. The molecule has 0 bridgehead atoms. The summed E-state index contributed by atoms with van der Waals surface area (Å²) in [6.07, 6.45) is 7.02. The number of Topliss-reactive ketones (excluding diaryl/α,β-unsaturated/α-hetero) is 1. The van der Waals surface area contributed by atoms with Crippen molar-refractivity contribution in [3.05, 3.63) is 23.8 Å². The number of hydrogen-bond donors (Lipinski definition) is 0. The van der Waals surface area contributed by atoms with E-state index in [1.54, 1.807) is 6.92 Å². The van der Waals surface area contributed by atoms with Crippen LogP contribution in [0.1, 0.15) is 20.3 Å². The molecule has 0 aromatic rings. The molecule has 1 unspecified atom stereocenters. The second kappa shape index (κ2) is 2.82. The Morgan fingerprint density at radius 1 is 1.70 bits per heavy atom. The van der Waals surface area contributed by atoms with Gasteiger partial charge in [0.15, 0.2) is 5.78 Å². The molecule has 0 saturated heterocycles. The molecule has 54 valence electrons. The van der Waals surface area contributed by atoms with Gasteiger partial charge in [-0.15, -0.1) is 0 Å². The van der Waals surface area contributed by atoms with Crippen molar-refractivity contribution in [1.29, 1.82) is 0 Å². The van der Waals surface area contributed by atoms with E-state index in [-0.39, 0.29) is 5.78 Å². The quantitative estimate of drug-likeness (QED) is 0.504. The summed E-state index contributed by atoms with van der Waals surface area (Å²) >= 11 is 0. The lowest BCUT2D eigenvalue weighted by Gasteiger charge is -2.08. The summed E-state index contributed by atoms with van der Waals surface area (Å²) in [7, 11) is 0. The third-order valence-corrected chi connectivity index (χ3v) is 1.69. The minimum absolute atomic E-state index is 0.205. The van der Waals surface area contributed by atoms with Crippen LogP contribution < -0.4 is 0 Å². The lowest BCUT2D eigenvalue weighted by Crippen LogP contribution is -2.01. The molecule has 0 radical (unpaired) electrons. The first-order chi connectivity index (χ1) is 4.70. The van der Waals surface area contributed by atoms with Crippen molar-refractivity contribution in [3.63, 3.8) is 0 Å². The molecule has 0 N–H and O–H groups in total. The maximum atomic E-state index is 10.8. The fourth-order valence-electron chi connectivity index (χ4n) is 1.11. The maximum absolute atomic E-state index is 10.8. The van der Waals surface area contributed by atoms with Gasteiger partial charge < -0.3 is 0 Å². The van der Waals surface area contributed by atoms with E-state index in [2.05, 4.69) is 19.1 Å². The van der Waals surface area contributed by atoms with Crippen LogP contribution in [0.2, 0.25) is 0 Å². The Morgan fingerprint density at radius 3 is 2.80 bits per heavy atom. The summed E-state index contributed by atoms with van der Waals surface area (Å²) in [5.41, 5.74) is 0.954. The van der Waals surface area contributed by atoms with Crippen LogP contribution in [-0.4, -0.2) is 5.78 Å². The van der Waals surface area contributed by atoms with Gasteiger partial charge in [0.1, 0.15) is 0 Å². The zero-order chi connectivity index (χ0) is 7.56. The predicted octanol–water partition coefficient (Wildman–Crippen LogP) is 2.10. The summed E-state index contributed by atoms with van der Waals surface area (Å²) in [5.74, 6) is 0.642. The van der Waals surface area contributed by atoms with Crippen LogP contribution in [0, 0.1) is 5.92 Å². The van der Waals surface area contributed by atoms with Gasteiger partial charge in [-0.1, -0.05) is 25.2 Å². The predicted molar refractivity (Wildman–Crippen MR) is 41.7 cm³/mol. The molecule has 0 amide bonds. The molecule has 0 fully saturated rings. The van der Waals surface area contributed by atoms with Gasteiger partial charge in [-0.3, -0.25) is 4.79 Å². The Bertz CT molecular complexity index is 199. The monoisotopic (exact) mass is 136 g/mol. The average molecular weight is 136 g/mol. The van der Waals surface area contributed by atoms with E-state index in [1.807, 2.05) is 6.08 Å². The van der Waals surface area contributed by atoms with E-state index in [0.717, 1.165) is 12.0 Å². The van der Waals surface area contributed by atoms with E-state index in [1.165, 1.54) is 0 Å². The second-order valence-corrected chi connectivity index (χ2v) is 2.74. The van der Waals surface area contributed by atoms with Gasteiger partial charge >= 0.3 is 0 Å². The van der Waals surface area contributed by atoms with Crippen LogP contribution >= 0.6 is 0 Å². The van der Waals surface area contributed by atoms with Crippen molar-refractivity contribution in [2.75, 3.05) is 0 Å². The summed E-state index contributed by atoms with van der Waals surface area (Å²) < 4.78 is 0. The van der Waals surface area contributed by atoms with Gasteiger partial charge in [0.25, 0.3) is 0 Å². The van der Waals surface area contributed by atoms with Gasteiger partial charge in [-0.25, -0.2) is 0 Å². The third kappa shape index (κ3) is 1.56. The zero-order valence-corrected chi connectivity index (χ0v) is 6.42. The fraction of sp³-hybridized carbons (Fsp3) is 0.444. The van der Waals surface area contributed by atoms with Gasteiger partial charge in [-0.05, 0) is 24.8 Å². The minimum atomic E-state index is 0.205. The van der Waals surface area contributed by atoms with Gasteiger partial charge in [0, 0.05) is 0 Å². The number of carbonyl (C=O) groups is 1. The van der Waals surface area contributed by atoms with Gasteiger partial charge in [0.2, 0.25) is 0 Å². The molecular formula is C9H12O. The highest BCUT2D eigenvalue weighted by Crippen LogP contribution is 2.15.